The van der Waals surface area contributed by atoms with Crippen molar-refractivity contribution in [3.05, 3.63) is 35.6 Å². The van der Waals surface area contributed by atoms with Gasteiger partial charge in [0.25, 0.3) is 0 Å². The van der Waals surface area contributed by atoms with Gasteiger partial charge in [0.05, 0.1) is 6.10 Å². The first kappa shape index (κ1) is 11.6. The van der Waals surface area contributed by atoms with E-state index >= 15 is 0 Å². The standard InChI is InChI=1S/C13H18FNO/c14-12-4-2-1-3-11(12)9-13(16)10-5-7-15-8-6-10/h1-4,10,13,15-16H,5-9H2. The van der Waals surface area contributed by atoms with Gasteiger partial charge in [0.1, 0.15) is 5.82 Å². The zero-order valence-electron chi connectivity index (χ0n) is 9.32. The molecule has 0 radical (unpaired) electrons. The smallest absolute Gasteiger partial charge is 0.126 e. The molecule has 16 heavy (non-hydrogen) atoms. The van der Waals surface area contributed by atoms with Crippen molar-refractivity contribution in [3.63, 3.8) is 0 Å². The van der Waals surface area contributed by atoms with Gasteiger partial charge in [-0.15, -0.1) is 0 Å². The van der Waals surface area contributed by atoms with Crippen molar-refractivity contribution in [2.75, 3.05) is 13.1 Å². The number of piperidine rings is 1. The molecular weight excluding hydrogens is 205 g/mol. The predicted octanol–water partition coefficient (Wildman–Crippen LogP) is 1.73. The van der Waals surface area contributed by atoms with Crippen LogP contribution in [0, 0.1) is 11.7 Å². The number of aliphatic hydroxyl groups excluding tert-OH is 1. The van der Waals surface area contributed by atoms with E-state index in [2.05, 4.69) is 5.32 Å². The number of rotatable bonds is 3. The molecule has 0 spiro atoms. The number of halogens is 1. The van der Waals surface area contributed by atoms with Gasteiger partial charge in [0, 0.05) is 6.42 Å². The highest BCUT2D eigenvalue weighted by atomic mass is 19.1. The van der Waals surface area contributed by atoms with E-state index in [4.69, 9.17) is 0 Å². The number of aliphatic hydroxyl groups is 1. The SMILES string of the molecule is OC(Cc1ccccc1F)C1CCNCC1. The molecule has 0 saturated carbocycles. The average molecular weight is 223 g/mol. The Morgan fingerprint density at radius 1 is 1.31 bits per heavy atom. The van der Waals surface area contributed by atoms with Crippen molar-refractivity contribution >= 4 is 0 Å². The highest BCUT2D eigenvalue weighted by molar-refractivity contribution is 5.18. The summed E-state index contributed by atoms with van der Waals surface area (Å²) in [5.41, 5.74) is 0.619. The highest BCUT2D eigenvalue weighted by Crippen LogP contribution is 2.20. The lowest BCUT2D eigenvalue weighted by Gasteiger charge is -2.27. The first-order valence-electron chi connectivity index (χ1n) is 5.89. The normalized spacial score (nSPS) is 19.6. The van der Waals surface area contributed by atoms with Crippen LogP contribution in [0.5, 0.6) is 0 Å². The Morgan fingerprint density at radius 3 is 2.69 bits per heavy atom. The number of nitrogens with one attached hydrogen (secondary N) is 1. The maximum Gasteiger partial charge on any atom is 0.126 e. The molecule has 0 aliphatic carbocycles. The fourth-order valence-electron chi connectivity index (χ4n) is 2.28. The molecule has 1 unspecified atom stereocenters. The maximum absolute atomic E-state index is 13.4. The summed E-state index contributed by atoms with van der Waals surface area (Å²) in [6, 6.07) is 6.69. The first-order valence-corrected chi connectivity index (χ1v) is 5.89. The minimum atomic E-state index is -0.418. The van der Waals surface area contributed by atoms with E-state index in [-0.39, 0.29) is 5.82 Å². The van der Waals surface area contributed by atoms with E-state index in [1.807, 2.05) is 6.07 Å². The topological polar surface area (TPSA) is 32.3 Å². The third-order valence-corrected chi connectivity index (χ3v) is 3.31. The molecular formula is C13H18FNO. The quantitative estimate of drug-likeness (QED) is 0.818. The fourth-order valence-corrected chi connectivity index (χ4v) is 2.28. The molecule has 88 valence electrons. The van der Waals surface area contributed by atoms with Gasteiger partial charge in [-0.05, 0) is 43.5 Å². The summed E-state index contributed by atoms with van der Waals surface area (Å²) in [5.74, 6) is 0.0938. The van der Waals surface area contributed by atoms with Gasteiger partial charge < -0.3 is 10.4 Å². The van der Waals surface area contributed by atoms with E-state index < -0.39 is 6.10 Å². The summed E-state index contributed by atoms with van der Waals surface area (Å²) < 4.78 is 13.4. The molecule has 2 N–H and O–H groups in total. The van der Waals surface area contributed by atoms with Gasteiger partial charge in [-0.1, -0.05) is 18.2 Å². The zero-order chi connectivity index (χ0) is 11.4. The van der Waals surface area contributed by atoms with Crippen molar-refractivity contribution < 1.29 is 9.50 Å². The second kappa shape index (κ2) is 5.41. The molecule has 1 aliphatic rings. The molecule has 1 atom stereocenters. The van der Waals surface area contributed by atoms with Gasteiger partial charge in [0.15, 0.2) is 0 Å². The molecule has 1 saturated heterocycles. The second-order valence-electron chi connectivity index (χ2n) is 4.45. The third-order valence-electron chi connectivity index (χ3n) is 3.31. The lowest BCUT2D eigenvalue weighted by Crippen LogP contribution is -2.35. The van der Waals surface area contributed by atoms with Crippen LogP contribution >= 0.6 is 0 Å². The van der Waals surface area contributed by atoms with Gasteiger partial charge in [-0.25, -0.2) is 4.39 Å². The Balaban J connectivity index is 1.96. The summed E-state index contributed by atoms with van der Waals surface area (Å²) in [6.45, 7) is 1.91. The molecule has 1 aliphatic heterocycles. The molecule has 3 heteroatoms. The van der Waals surface area contributed by atoms with Crippen LogP contribution in [0.2, 0.25) is 0 Å². The predicted molar refractivity (Wildman–Crippen MR) is 61.7 cm³/mol. The molecule has 1 heterocycles. The van der Waals surface area contributed by atoms with Crippen molar-refractivity contribution in [2.24, 2.45) is 5.92 Å². The monoisotopic (exact) mass is 223 g/mol. The molecule has 2 rings (SSSR count). The van der Waals surface area contributed by atoms with Crippen LogP contribution in [0.4, 0.5) is 4.39 Å². The van der Waals surface area contributed by atoms with Crippen LogP contribution in [-0.4, -0.2) is 24.3 Å². The number of benzene rings is 1. The molecule has 1 aromatic rings. The minimum Gasteiger partial charge on any atom is -0.392 e. The van der Waals surface area contributed by atoms with Crippen LogP contribution in [0.3, 0.4) is 0 Å². The molecule has 0 aromatic heterocycles. The Kier molecular flexibility index (Phi) is 3.91. The zero-order valence-corrected chi connectivity index (χ0v) is 9.32. The summed E-state index contributed by atoms with van der Waals surface area (Å²) in [7, 11) is 0. The summed E-state index contributed by atoms with van der Waals surface area (Å²) >= 11 is 0. The molecule has 0 bridgehead atoms. The van der Waals surface area contributed by atoms with E-state index in [1.165, 1.54) is 6.07 Å². The molecule has 1 aromatic carbocycles. The van der Waals surface area contributed by atoms with Gasteiger partial charge in [-0.2, -0.15) is 0 Å². The van der Waals surface area contributed by atoms with Gasteiger partial charge in [0.2, 0.25) is 0 Å². The number of hydrogen-bond donors (Lipinski definition) is 2. The number of hydrogen-bond acceptors (Lipinski definition) is 2. The first-order chi connectivity index (χ1) is 7.77. The van der Waals surface area contributed by atoms with E-state index in [1.54, 1.807) is 12.1 Å². The Bertz CT molecular complexity index is 336. The summed E-state index contributed by atoms with van der Waals surface area (Å²) in [5, 5.41) is 13.3. The van der Waals surface area contributed by atoms with Crippen LogP contribution in [-0.2, 0) is 6.42 Å². The van der Waals surface area contributed by atoms with Crippen molar-refractivity contribution in [1.29, 1.82) is 0 Å². The highest BCUT2D eigenvalue weighted by Gasteiger charge is 2.22. The molecule has 2 nitrogen and oxygen atoms in total. The fraction of sp³-hybridized carbons (Fsp3) is 0.538. The Morgan fingerprint density at radius 2 is 2.00 bits per heavy atom. The molecule has 0 amide bonds. The van der Waals surface area contributed by atoms with Crippen LogP contribution < -0.4 is 5.32 Å². The summed E-state index contributed by atoms with van der Waals surface area (Å²) in [4.78, 5) is 0. The van der Waals surface area contributed by atoms with E-state index in [0.717, 1.165) is 25.9 Å². The van der Waals surface area contributed by atoms with Crippen LogP contribution in [0.25, 0.3) is 0 Å². The minimum absolute atomic E-state index is 0.213. The largest absolute Gasteiger partial charge is 0.392 e. The van der Waals surface area contributed by atoms with E-state index in [9.17, 15) is 9.50 Å². The maximum atomic E-state index is 13.4. The Labute approximate surface area is 95.5 Å². The summed E-state index contributed by atoms with van der Waals surface area (Å²) in [6.07, 6.45) is 1.97. The van der Waals surface area contributed by atoms with Crippen molar-refractivity contribution in [2.45, 2.75) is 25.4 Å². The lowest BCUT2D eigenvalue weighted by molar-refractivity contribution is 0.0883. The van der Waals surface area contributed by atoms with Crippen molar-refractivity contribution in [3.8, 4) is 0 Å². The molecule has 1 fully saturated rings. The van der Waals surface area contributed by atoms with E-state index in [0.29, 0.717) is 17.9 Å². The van der Waals surface area contributed by atoms with Crippen LogP contribution in [0.15, 0.2) is 24.3 Å². The van der Waals surface area contributed by atoms with Gasteiger partial charge >= 0.3 is 0 Å². The van der Waals surface area contributed by atoms with Gasteiger partial charge in [-0.3, -0.25) is 0 Å². The second-order valence-corrected chi connectivity index (χ2v) is 4.45. The van der Waals surface area contributed by atoms with Crippen LogP contribution in [0.1, 0.15) is 18.4 Å². The lowest BCUT2D eigenvalue weighted by atomic mass is 9.88. The third kappa shape index (κ3) is 2.80. The Hall–Kier alpha value is -0.930. The average Bonchev–Trinajstić information content (AvgIpc) is 2.33. The van der Waals surface area contributed by atoms with Crippen molar-refractivity contribution in [1.82, 2.24) is 5.32 Å².